The van der Waals surface area contributed by atoms with E-state index in [1.807, 2.05) is 42.5 Å². The number of benzene rings is 2. The molecule has 1 heterocycles. The molecule has 2 aromatic carbocycles. The van der Waals surface area contributed by atoms with E-state index in [0.29, 0.717) is 11.1 Å². The molecule has 0 aromatic heterocycles. The summed E-state index contributed by atoms with van der Waals surface area (Å²) in [5, 5.41) is 12.6. The predicted octanol–water partition coefficient (Wildman–Crippen LogP) is 0.674. The zero-order chi connectivity index (χ0) is 13.0. The molecule has 2 aromatic rings. The topological polar surface area (TPSA) is 52.9 Å². The molecule has 2 aliphatic rings. The van der Waals surface area contributed by atoms with Crippen LogP contribution in [0.2, 0.25) is 0 Å². The molecule has 1 aliphatic heterocycles. The largest absolute Gasteiger partial charge is 0.288 e. The van der Waals surface area contributed by atoms with Crippen LogP contribution in [-0.2, 0) is 4.79 Å². The third-order valence-electron chi connectivity index (χ3n) is 3.54. The Kier molecular flexibility index (Phi) is 1.94. The highest BCUT2D eigenvalue weighted by Gasteiger charge is 2.27. The fraction of sp³-hybridized carbons (Fsp3) is 0.0667. The van der Waals surface area contributed by atoms with E-state index in [1.165, 1.54) is 0 Å². The summed E-state index contributed by atoms with van der Waals surface area (Å²) in [5.41, 5.74) is 3.70. The van der Waals surface area contributed by atoms with Crippen LogP contribution in [-0.4, -0.2) is 22.7 Å². The predicted molar refractivity (Wildman–Crippen MR) is 68.7 cm³/mol. The molecule has 0 saturated carbocycles. The molecular weight excluding hydrogens is 240 g/mol. The highest BCUT2D eigenvalue weighted by Crippen LogP contribution is 2.32. The van der Waals surface area contributed by atoms with Crippen molar-refractivity contribution in [2.75, 3.05) is 6.54 Å². The van der Waals surface area contributed by atoms with E-state index in [4.69, 9.17) is 0 Å². The van der Waals surface area contributed by atoms with Crippen LogP contribution in [0.1, 0.15) is 5.56 Å². The van der Waals surface area contributed by atoms with Crippen molar-refractivity contribution in [1.82, 2.24) is 5.06 Å². The summed E-state index contributed by atoms with van der Waals surface area (Å²) in [4.78, 5) is 15.7. The number of nitrogens with zero attached hydrogens (tertiary/aromatic N) is 2. The normalized spacial score (nSPS) is 15.7. The molecule has 0 atom stereocenters. The molecular formula is C15H10N2O2. The van der Waals surface area contributed by atoms with Gasteiger partial charge in [-0.2, -0.15) is 0 Å². The van der Waals surface area contributed by atoms with E-state index in [0.717, 1.165) is 27.0 Å². The molecule has 1 N–H and O–H groups in total. The van der Waals surface area contributed by atoms with Gasteiger partial charge in [0.1, 0.15) is 6.54 Å². The first-order valence-electron chi connectivity index (χ1n) is 6.07. The lowest BCUT2D eigenvalue weighted by molar-refractivity contribution is -0.125. The molecule has 0 fully saturated rings. The molecule has 1 aliphatic carbocycles. The van der Waals surface area contributed by atoms with E-state index >= 15 is 0 Å². The van der Waals surface area contributed by atoms with Gasteiger partial charge in [-0.1, -0.05) is 36.4 Å². The summed E-state index contributed by atoms with van der Waals surface area (Å²) < 4.78 is 0. The SMILES string of the molecule is O=C1CN(O)C2=c3c(cccc3=N1)-c1ccccc12. The minimum atomic E-state index is -0.338. The van der Waals surface area contributed by atoms with Gasteiger partial charge in [0.15, 0.2) is 0 Å². The molecule has 4 rings (SSSR count). The number of fused-ring (bicyclic) bond motifs is 3. The molecule has 0 unspecified atom stereocenters. The standard InChI is InChI=1S/C15H10N2O2/c18-13-8-17(19)15-11-5-2-1-4-9(11)10-6-3-7-12(16-13)14(10)15/h1-7,19H,8H2. The van der Waals surface area contributed by atoms with Gasteiger partial charge in [0.2, 0.25) is 0 Å². The highest BCUT2D eigenvalue weighted by molar-refractivity contribution is 5.91. The molecule has 19 heavy (non-hydrogen) atoms. The fourth-order valence-electron chi connectivity index (χ4n) is 2.81. The van der Waals surface area contributed by atoms with Crippen LogP contribution in [0.25, 0.3) is 16.8 Å². The zero-order valence-electron chi connectivity index (χ0n) is 10.00. The number of hydroxylamine groups is 2. The average molecular weight is 250 g/mol. The lowest BCUT2D eigenvalue weighted by Gasteiger charge is -2.16. The lowest BCUT2D eigenvalue weighted by Crippen LogP contribution is -2.30. The Balaban J connectivity index is 2.26. The summed E-state index contributed by atoms with van der Waals surface area (Å²) in [6, 6.07) is 13.5. The summed E-state index contributed by atoms with van der Waals surface area (Å²) in [6.45, 7) is -0.113. The second-order valence-electron chi connectivity index (χ2n) is 4.66. The van der Waals surface area contributed by atoms with Crippen molar-refractivity contribution in [3.05, 3.63) is 58.6 Å². The van der Waals surface area contributed by atoms with E-state index in [2.05, 4.69) is 4.99 Å². The fourth-order valence-corrected chi connectivity index (χ4v) is 2.81. The molecule has 0 radical (unpaired) electrons. The Bertz CT molecular complexity index is 839. The Morgan fingerprint density at radius 1 is 1.00 bits per heavy atom. The van der Waals surface area contributed by atoms with Crippen LogP contribution in [0.15, 0.2) is 47.5 Å². The maximum atomic E-state index is 11.7. The Hall–Kier alpha value is -2.46. The molecule has 0 bridgehead atoms. The van der Waals surface area contributed by atoms with Gasteiger partial charge in [-0.05, 0) is 17.2 Å². The van der Waals surface area contributed by atoms with Gasteiger partial charge in [0.05, 0.1) is 11.1 Å². The van der Waals surface area contributed by atoms with Crippen molar-refractivity contribution >= 4 is 11.6 Å². The van der Waals surface area contributed by atoms with Crippen molar-refractivity contribution in [1.29, 1.82) is 0 Å². The Morgan fingerprint density at radius 2 is 1.74 bits per heavy atom. The summed E-state index contributed by atoms with van der Waals surface area (Å²) in [6.07, 6.45) is 0. The summed E-state index contributed by atoms with van der Waals surface area (Å²) in [7, 11) is 0. The first kappa shape index (κ1) is 10.5. The van der Waals surface area contributed by atoms with Crippen LogP contribution in [0.5, 0.6) is 0 Å². The van der Waals surface area contributed by atoms with Gasteiger partial charge in [0, 0.05) is 10.8 Å². The number of hydrogen-bond acceptors (Lipinski definition) is 3. The minimum absolute atomic E-state index is 0.113. The average Bonchev–Trinajstić information content (AvgIpc) is 2.67. The summed E-state index contributed by atoms with van der Waals surface area (Å²) >= 11 is 0. The Morgan fingerprint density at radius 3 is 2.58 bits per heavy atom. The molecule has 1 amide bonds. The van der Waals surface area contributed by atoms with Gasteiger partial charge in [-0.3, -0.25) is 10.0 Å². The number of carbonyl (C=O) groups is 1. The van der Waals surface area contributed by atoms with E-state index in [1.54, 1.807) is 0 Å². The molecule has 4 heteroatoms. The van der Waals surface area contributed by atoms with Crippen molar-refractivity contribution in [3.8, 4) is 11.1 Å². The van der Waals surface area contributed by atoms with Crippen LogP contribution in [0.4, 0.5) is 0 Å². The quantitative estimate of drug-likeness (QED) is 0.748. The zero-order valence-corrected chi connectivity index (χ0v) is 10.00. The molecule has 0 spiro atoms. The number of amides is 1. The maximum Gasteiger partial charge on any atom is 0.268 e. The van der Waals surface area contributed by atoms with E-state index < -0.39 is 0 Å². The third-order valence-corrected chi connectivity index (χ3v) is 3.54. The molecule has 4 nitrogen and oxygen atoms in total. The van der Waals surface area contributed by atoms with Gasteiger partial charge < -0.3 is 0 Å². The van der Waals surface area contributed by atoms with Crippen molar-refractivity contribution in [2.45, 2.75) is 0 Å². The lowest BCUT2D eigenvalue weighted by atomic mass is 10.0. The van der Waals surface area contributed by atoms with Crippen LogP contribution in [0.3, 0.4) is 0 Å². The van der Waals surface area contributed by atoms with Crippen LogP contribution < -0.4 is 10.6 Å². The van der Waals surface area contributed by atoms with Crippen LogP contribution >= 0.6 is 0 Å². The number of hydrogen-bond donors (Lipinski definition) is 1. The molecule has 92 valence electrons. The second kappa shape index (κ2) is 3.52. The smallest absolute Gasteiger partial charge is 0.268 e. The van der Waals surface area contributed by atoms with Crippen molar-refractivity contribution < 1.29 is 10.0 Å². The van der Waals surface area contributed by atoms with Crippen molar-refractivity contribution in [3.63, 3.8) is 0 Å². The molecule has 0 saturated heterocycles. The first-order valence-corrected chi connectivity index (χ1v) is 6.07. The van der Waals surface area contributed by atoms with Crippen LogP contribution in [0, 0.1) is 0 Å². The third kappa shape index (κ3) is 1.32. The van der Waals surface area contributed by atoms with Crippen molar-refractivity contribution in [2.24, 2.45) is 4.99 Å². The van der Waals surface area contributed by atoms with Gasteiger partial charge in [0.25, 0.3) is 5.91 Å². The second-order valence-corrected chi connectivity index (χ2v) is 4.66. The van der Waals surface area contributed by atoms with Gasteiger partial charge in [-0.25, -0.2) is 10.1 Å². The Labute approximate surface area is 108 Å². The van der Waals surface area contributed by atoms with Gasteiger partial charge in [-0.15, -0.1) is 0 Å². The number of carbonyl (C=O) groups excluding carboxylic acids is 1. The monoisotopic (exact) mass is 250 g/mol. The highest BCUT2D eigenvalue weighted by atomic mass is 16.5. The van der Waals surface area contributed by atoms with E-state index in [9.17, 15) is 10.0 Å². The minimum Gasteiger partial charge on any atom is -0.288 e. The first-order chi connectivity index (χ1) is 9.25. The number of rotatable bonds is 0. The summed E-state index contributed by atoms with van der Waals surface area (Å²) in [5.74, 6) is -0.338. The maximum absolute atomic E-state index is 11.7. The van der Waals surface area contributed by atoms with Gasteiger partial charge >= 0.3 is 0 Å². The van der Waals surface area contributed by atoms with E-state index in [-0.39, 0.29) is 12.5 Å².